The Bertz CT molecular complexity index is 1510. The van der Waals surface area contributed by atoms with Crippen LogP contribution < -0.4 is 19.4 Å². The summed E-state index contributed by atoms with van der Waals surface area (Å²) in [5.41, 5.74) is 0.308. The van der Waals surface area contributed by atoms with E-state index in [2.05, 4.69) is 31.9 Å². The number of fused-ring (bicyclic) bond motifs is 1. The first-order valence-corrected chi connectivity index (χ1v) is 17.7. The zero-order valence-electron chi connectivity index (χ0n) is 29.5. The minimum Gasteiger partial charge on any atom is -0.494 e. The molecule has 0 aromatic heterocycles. The molecule has 2 aromatic rings. The van der Waals surface area contributed by atoms with Crippen molar-refractivity contribution in [2.45, 2.75) is 70.6 Å². The third kappa shape index (κ3) is 6.25. The molecule has 2 bridgehead atoms. The summed E-state index contributed by atoms with van der Waals surface area (Å²) in [5, 5.41) is 9.82. The lowest BCUT2D eigenvalue weighted by Gasteiger charge is -2.37. The van der Waals surface area contributed by atoms with Crippen LogP contribution in [0.5, 0.6) is 5.75 Å². The molecule has 5 rings (SSSR count). The summed E-state index contributed by atoms with van der Waals surface area (Å²) in [4.78, 5) is 51.5. The molecule has 0 aliphatic carbocycles. The molecule has 0 saturated carbocycles. The van der Waals surface area contributed by atoms with Gasteiger partial charge >= 0.3 is 0 Å². The van der Waals surface area contributed by atoms with Crippen LogP contribution in [0, 0.1) is 11.8 Å². The van der Waals surface area contributed by atoms with E-state index in [0.717, 1.165) is 18.8 Å². The molecule has 2 aromatic carbocycles. The number of rotatable bonds is 17. The molecule has 2 unspecified atom stereocenters. The number of benzene rings is 2. The highest BCUT2D eigenvalue weighted by atomic mass is 16.5. The lowest BCUT2D eigenvalue weighted by molar-refractivity contribution is -0.146. The average molecular weight is 673 g/mol. The van der Waals surface area contributed by atoms with Gasteiger partial charge < -0.3 is 34.2 Å². The molecular weight excluding hydrogens is 620 g/mol. The van der Waals surface area contributed by atoms with Gasteiger partial charge in [0.1, 0.15) is 17.4 Å². The van der Waals surface area contributed by atoms with Gasteiger partial charge in [-0.2, -0.15) is 0 Å². The van der Waals surface area contributed by atoms with Crippen molar-refractivity contribution in [1.29, 1.82) is 0 Å². The minimum absolute atomic E-state index is 0.140. The lowest BCUT2D eigenvalue weighted by atomic mass is 9.64. The Labute approximate surface area is 290 Å². The molecule has 3 aliphatic rings. The lowest BCUT2D eigenvalue weighted by Crippen LogP contribution is -2.56. The number of hydrogen-bond donors (Lipinski definition) is 1. The third-order valence-electron chi connectivity index (χ3n) is 10.6. The Morgan fingerprint density at radius 1 is 0.918 bits per heavy atom. The molecule has 264 valence electrons. The zero-order valence-corrected chi connectivity index (χ0v) is 29.5. The summed E-state index contributed by atoms with van der Waals surface area (Å²) in [6, 6.07) is 14.2. The maximum Gasteiger partial charge on any atom is 0.253 e. The molecule has 3 fully saturated rings. The van der Waals surface area contributed by atoms with E-state index in [0.29, 0.717) is 49.4 Å². The number of hydrogen-bond acceptors (Lipinski definition) is 7. The molecular formula is C39H52N4O6. The van der Waals surface area contributed by atoms with Crippen LogP contribution in [-0.4, -0.2) is 90.9 Å². The zero-order chi connectivity index (χ0) is 35.3. The monoisotopic (exact) mass is 672 g/mol. The minimum atomic E-state index is -1.20. The Kier molecular flexibility index (Phi) is 11.2. The third-order valence-corrected chi connectivity index (χ3v) is 10.6. The molecule has 0 radical (unpaired) electrons. The van der Waals surface area contributed by atoms with Gasteiger partial charge in [0.15, 0.2) is 0 Å². The fourth-order valence-corrected chi connectivity index (χ4v) is 8.39. The Balaban J connectivity index is 1.56. The Hall–Kier alpha value is -4.15. The van der Waals surface area contributed by atoms with Gasteiger partial charge in [0.25, 0.3) is 5.91 Å². The number of carbonyl (C=O) groups is 3. The summed E-state index contributed by atoms with van der Waals surface area (Å²) in [6.07, 6.45) is 5.18. The number of aliphatic hydroxyl groups excluding tert-OH is 1. The fourth-order valence-electron chi connectivity index (χ4n) is 8.39. The number of carbonyl (C=O) groups excluding carboxylic acids is 3. The highest BCUT2D eigenvalue weighted by molar-refractivity contribution is 6.07. The van der Waals surface area contributed by atoms with Crippen LogP contribution in [0.2, 0.25) is 0 Å². The summed E-state index contributed by atoms with van der Waals surface area (Å²) in [6.45, 7) is 18.7. The second kappa shape index (κ2) is 15.2. The van der Waals surface area contributed by atoms with Crippen LogP contribution in [0.4, 0.5) is 17.1 Å². The number of nitrogens with zero attached hydrogens (tertiary/aromatic N) is 4. The van der Waals surface area contributed by atoms with E-state index in [-0.39, 0.29) is 44.0 Å². The van der Waals surface area contributed by atoms with Crippen LogP contribution in [0.25, 0.3) is 0 Å². The predicted octanol–water partition coefficient (Wildman–Crippen LogP) is 5.21. The first kappa shape index (κ1) is 36.1. The van der Waals surface area contributed by atoms with Crippen LogP contribution in [0.3, 0.4) is 0 Å². The van der Waals surface area contributed by atoms with E-state index in [9.17, 15) is 19.5 Å². The molecule has 5 atom stereocenters. The number of likely N-dealkylation sites (tertiary alicyclic amines) is 1. The van der Waals surface area contributed by atoms with Gasteiger partial charge in [0, 0.05) is 56.4 Å². The summed E-state index contributed by atoms with van der Waals surface area (Å²) in [7, 11) is 0. The quantitative estimate of drug-likeness (QED) is 0.230. The van der Waals surface area contributed by atoms with Gasteiger partial charge in [-0.3, -0.25) is 14.4 Å². The molecule has 3 heterocycles. The predicted molar refractivity (Wildman–Crippen MR) is 193 cm³/mol. The smallest absolute Gasteiger partial charge is 0.253 e. The van der Waals surface area contributed by atoms with Gasteiger partial charge in [-0.05, 0) is 95.0 Å². The van der Waals surface area contributed by atoms with Gasteiger partial charge in [0.05, 0.1) is 24.0 Å². The normalized spacial score (nSPS) is 25.2. The van der Waals surface area contributed by atoms with Crippen molar-refractivity contribution in [3.05, 3.63) is 73.8 Å². The van der Waals surface area contributed by atoms with Crippen molar-refractivity contribution in [1.82, 2.24) is 4.90 Å². The summed E-state index contributed by atoms with van der Waals surface area (Å²) in [5.74, 6) is -1.74. The van der Waals surface area contributed by atoms with Crippen molar-refractivity contribution < 1.29 is 29.0 Å². The second-order valence-electron chi connectivity index (χ2n) is 13.0. The van der Waals surface area contributed by atoms with Gasteiger partial charge in [-0.25, -0.2) is 0 Å². The molecule has 10 nitrogen and oxygen atoms in total. The molecule has 3 aliphatic heterocycles. The molecule has 1 spiro atoms. The molecule has 10 heteroatoms. The first-order valence-electron chi connectivity index (χ1n) is 17.7. The van der Waals surface area contributed by atoms with Crippen molar-refractivity contribution in [3.8, 4) is 5.75 Å². The van der Waals surface area contributed by atoms with Gasteiger partial charge in [-0.1, -0.05) is 19.1 Å². The average Bonchev–Trinajstić information content (AvgIpc) is 3.73. The topological polar surface area (TPSA) is 103 Å². The van der Waals surface area contributed by atoms with Crippen molar-refractivity contribution in [3.63, 3.8) is 0 Å². The Morgan fingerprint density at radius 2 is 1.49 bits per heavy atom. The van der Waals surface area contributed by atoms with Crippen molar-refractivity contribution in [2.24, 2.45) is 11.8 Å². The maximum atomic E-state index is 14.9. The van der Waals surface area contributed by atoms with E-state index in [4.69, 9.17) is 9.47 Å². The highest BCUT2D eigenvalue weighted by Gasteiger charge is 2.79. The largest absolute Gasteiger partial charge is 0.494 e. The summed E-state index contributed by atoms with van der Waals surface area (Å²) >= 11 is 0. The van der Waals surface area contributed by atoms with Crippen LogP contribution in [0.1, 0.15) is 53.4 Å². The second-order valence-corrected chi connectivity index (χ2v) is 13.0. The summed E-state index contributed by atoms with van der Waals surface area (Å²) < 4.78 is 12.7. The molecule has 49 heavy (non-hydrogen) atoms. The van der Waals surface area contributed by atoms with Gasteiger partial charge in [-0.15, -0.1) is 13.2 Å². The highest BCUT2D eigenvalue weighted by Crippen LogP contribution is 2.65. The van der Waals surface area contributed by atoms with Gasteiger partial charge in [0.2, 0.25) is 11.8 Å². The van der Waals surface area contributed by atoms with Crippen LogP contribution in [-0.2, 0) is 19.1 Å². The SMILES string of the molecule is C=CCN(C(=O)C1N(CCCO)C(=O)[C@@H]2[C@@H](C(=O)N(CC=C)c3ccc(OCC)cc3)[C@@]3(CC)CCC12O3)c1ccc(N(CC)CC)cc1. The fraction of sp³-hybridized carbons (Fsp3) is 0.513. The van der Waals surface area contributed by atoms with E-state index in [1.807, 2.05) is 62.4 Å². The first-order chi connectivity index (χ1) is 23.7. The van der Waals surface area contributed by atoms with E-state index < -0.39 is 29.1 Å². The van der Waals surface area contributed by atoms with E-state index >= 15 is 0 Å². The molecule has 1 N–H and O–H groups in total. The van der Waals surface area contributed by atoms with Crippen molar-refractivity contribution in [2.75, 3.05) is 60.6 Å². The van der Waals surface area contributed by atoms with Crippen LogP contribution in [0.15, 0.2) is 73.8 Å². The van der Waals surface area contributed by atoms with Crippen LogP contribution >= 0.6 is 0 Å². The Morgan fingerprint density at radius 3 is 2.02 bits per heavy atom. The van der Waals surface area contributed by atoms with Crippen molar-refractivity contribution >= 4 is 34.8 Å². The van der Waals surface area contributed by atoms with E-state index in [1.54, 1.807) is 26.9 Å². The molecule has 3 saturated heterocycles. The number of anilines is 3. The number of ether oxygens (including phenoxy) is 2. The maximum absolute atomic E-state index is 14.9. The number of aliphatic hydroxyl groups is 1. The standard InChI is InChI=1S/C39H52N4O6/c1-7-24-41(30-18-20-31(21-19-30)48-12-6)35(45)32-33-36(46)43(26-13-27-44)34(39(33)23-22-38(32,9-3)49-39)37(47)42(25-8-2)29-16-14-28(15-17-29)40(10-4)11-5/h7-8,14-21,32-34,44H,1-2,9-13,22-27H2,3-6H3/t32-,33-,34?,38+,39?/m0/s1. The van der Waals surface area contributed by atoms with E-state index in [1.165, 1.54) is 0 Å². The molecule has 3 amide bonds. The number of amides is 3.